The summed E-state index contributed by atoms with van der Waals surface area (Å²) in [5.74, 6) is 0. The third-order valence-electron chi connectivity index (χ3n) is 2.19. The molecule has 0 heterocycles. The van der Waals surface area contributed by atoms with Crippen molar-refractivity contribution in [2.75, 3.05) is 5.73 Å². The van der Waals surface area contributed by atoms with Crippen molar-refractivity contribution in [3.63, 3.8) is 0 Å². The van der Waals surface area contributed by atoms with Crippen molar-refractivity contribution >= 4 is 27.1 Å². The Labute approximate surface area is 99.6 Å². The van der Waals surface area contributed by atoms with Gasteiger partial charge in [0.05, 0.1) is 21.7 Å². The molecule has 0 aromatic heterocycles. The summed E-state index contributed by atoms with van der Waals surface area (Å²) in [7, 11) is -3.64. The number of nitriles is 1. The first-order chi connectivity index (χ1) is 7.43. The fraction of sp³-hybridized carbons (Fsp3) is 0.300. The largest absolute Gasteiger partial charge is 0.398 e. The number of nitrogen functional groups attached to an aromatic ring is 1. The van der Waals surface area contributed by atoms with Gasteiger partial charge in [-0.25, -0.2) is 8.42 Å². The molecule has 0 radical (unpaired) electrons. The number of rotatable bonds is 3. The summed E-state index contributed by atoms with van der Waals surface area (Å²) < 4.78 is 23.9. The van der Waals surface area contributed by atoms with Gasteiger partial charge in [0.15, 0.2) is 15.1 Å². The Balaban J connectivity index is 3.29. The summed E-state index contributed by atoms with van der Waals surface area (Å²) in [4.78, 5) is 0.0279. The zero-order valence-corrected chi connectivity index (χ0v) is 10.2. The predicted molar refractivity (Wildman–Crippen MR) is 62.7 cm³/mol. The van der Waals surface area contributed by atoms with Crippen LogP contribution in [0.3, 0.4) is 0 Å². The second-order valence-corrected chi connectivity index (χ2v) is 5.79. The molecule has 0 aliphatic carbocycles. The fourth-order valence-electron chi connectivity index (χ4n) is 1.23. The topological polar surface area (TPSA) is 84.0 Å². The van der Waals surface area contributed by atoms with Crippen LogP contribution >= 0.6 is 11.6 Å². The van der Waals surface area contributed by atoms with E-state index >= 15 is 0 Å². The molecule has 1 rings (SSSR count). The van der Waals surface area contributed by atoms with E-state index in [0.717, 1.165) is 0 Å². The van der Waals surface area contributed by atoms with Crippen molar-refractivity contribution in [2.24, 2.45) is 0 Å². The third kappa shape index (κ3) is 2.29. The Kier molecular flexibility index (Phi) is 3.79. The highest BCUT2D eigenvalue weighted by atomic mass is 35.5. The smallest absolute Gasteiger partial charge is 0.194 e. The Morgan fingerprint density at radius 3 is 2.62 bits per heavy atom. The number of anilines is 1. The average Bonchev–Trinajstić information content (AvgIpc) is 2.23. The van der Waals surface area contributed by atoms with Crippen molar-refractivity contribution in [1.82, 2.24) is 0 Å². The highest BCUT2D eigenvalue weighted by Crippen LogP contribution is 2.25. The van der Waals surface area contributed by atoms with Crippen molar-refractivity contribution < 1.29 is 8.42 Å². The van der Waals surface area contributed by atoms with E-state index in [9.17, 15) is 8.42 Å². The fourth-order valence-corrected chi connectivity index (χ4v) is 2.92. The van der Waals surface area contributed by atoms with Gasteiger partial charge in [0.2, 0.25) is 0 Å². The van der Waals surface area contributed by atoms with Gasteiger partial charge in [0.1, 0.15) is 0 Å². The second-order valence-electron chi connectivity index (χ2n) is 3.25. The number of benzene rings is 1. The monoisotopic (exact) mass is 258 g/mol. The molecule has 0 saturated heterocycles. The molecule has 86 valence electrons. The van der Waals surface area contributed by atoms with Crippen molar-refractivity contribution in [2.45, 2.75) is 23.5 Å². The van der Waals surface area contributed by atoms with Crippen LogP contribution in [0, 0.1) is 11.3 Å². The molecule has 1 unspecified atom stereocenters. The first-order valence-corrected chi connectivity index (χ1v) is 6.54. The molecule has 0 aliphatic heterocycles. The van der Waals surface area contributed by atoms with Crippen molar-refractivity contribution in [3.05, 3.63) is 23.2 Å². The Morgan fingerprint density at radius 1 is 1.56 bits per heavy atom. The molecule has 6 heteroatoms. The standard InChI is InChI=1S/C10H11ClN2O2S/c1-2-7(6-12)16(14,15)8-3-4-10(13)9(11)5-8/h3-5,7H,2,13H2,1H3. The van der Waals surface area contributed by atoms with Gasteiger partial charge in [0, 0.05) is 0 Å². The number of hydrogen-bond acceptors (Lipinski definition) is 4. The van der Waals surface area contributed by atoms with E-state index in [-0.39, 0.29) is 16.3 Å². The van der Waals surface area contributed by atoms with E-state index in [4.69, 9.17) is 22.6 Å². The lowest BCUT2D eigenvalue weighted by molar-refractivity contribution is 0.587. The average molecular weight is 259 g/mol. The molecule has 1 aromatic carbocycles. The van der Waals surface area contributed by atoms with Crippen LogP contribution in [0.25, 0.3) is 0 Å². The van der Waals surface area contributed by atoms with Crippen LogP contribution in [0.5, 0.6) is 0 Å². The summed E-state index contributed by atoms with van der Waals surface area (Å²) >= 11 is 5.74. The maximum Gasteiger partial charge on any atom is 0.194 e. The SMILES string of the molecule is CCC(C#N)S(=O)(=O)c1ccc(N)c(Cl)c1. The summed E-state index contributed by atoms with van der Waals surface area (Å²) in [6.07, 6.45) is 0.237. The Hall–Kier alpha value is -1.25. The minimum absolute atomic E-state index is 0.0279. The number of halogens is 1. The van der Waals surface area contributed by atoms with Crippen LogP contribution in [0.2, 0.25) is 5.02 Å². The van der Waals surface area contributed by atoms with Gasteiger partial charge in [-0.15, -0.1) is 0 Å². The van der Waals surface area contributed by atoms with E-state index in [1.807, 2.05) is 0 Å². The molecule has 0 fully saturated rings. The molecule has 0 amide bonds. The molecule has 0 saturated carbocycles. The van der Waals surface area contributed by atoms with Crippen LogP contribution in [0.1, 0.15) is 13.3 Å². The third-order valence-corrected chi connectivity index (χ3v) is 4.62. The normalized spacial score (nSPS) is 13.1. The molecule has 2 N–H and O–H groups in total. The quantitative estimate of drug-likeness (QED) is 0.841. The van der Waals surface area contributed by atoms with E-state index in [1.165, 1.54) is 18.2 Å². The summed E-state index contributed by atoms with van der Waals surface area (Å²) in [5.41, 5.74) is 5.79. The first-order valence-electron chi connectivity index (χ1n) is 4.62. The molecule has 1 aromatic rings. The number of nitrogens with zero attached hydrogens (tertiary/aromatic N) is 1. The van der Waals surface area contributed by atoms with Gasteiger partial charge in [-0.1, -0.05) is 18.5 Å². The lowest BCUT2D eigenvalue weighted by Crippen LogP contribution is -2.18. The summed E-state index contributed by atoms with van der Waals surface area (Å²) in [6.45, 7) is 1.64. The molecular weight excluding hydrogens is 248 g/mol. The van der Waals surface area contributed by atoms with Crippen molar-refractivity contribution in [3.8, 4) is 6.07 Å². The highest BCUT2D eigenvalue weighted by Gasteiger charge is 2.26. The lowest BCUT2D eigenvalue weighted by atomic mass is 10.3. The number of nitrogens with two attached hydrogens (primary N) is 1. The molecule has 0 bridgehead atoms. The minimum Gasteiger partial charge on any atom is -0.398 e. The minimum atomic E-state index is -3.64. The molecule has 1 atom stereocenters. The maximum atomic E-state index is 11.9. The number of hydrogen-bond donors (Lipinski definition) is 1. The lowest BCUT2D eigenvalue weighted by Gasteiger charge is -2.09. The summed E-state index contributed by atoms with van der Waals surface area (Å²) in [5, 5.41) is 7.89. The van der Waals surface area contributed by atoms with Crippen LogP contribution < -0.4 is 5.73 Å². The van der Waals surface area contributed by atoms with E-state index < -0.39 is 15.1 Å². The van der Waals surface area contributed by atoms with Crippen LogP contribution in [0.4, 0.5) is 5.69 Å². The van der Waals surface area contributed by atoms with Crippen molar-refractivity contribution in [1.29, 1.82) is 5.26 Å². The zero-order valence-electron chi connectivity index (χ0n) is 8.64. The maximum absolute atomic E-state index is 11.9. The van der Waals surface area contributed by atoms with Gasteiger partial charge in [0.25, 0.3) is 0 Å². The van der Waals surface area contributed by atoms with Gasteiger partial charge in [-0.05, 0) is 24.6 Å². The van der Waals surface area contributed by atoms with E-state index in [1.54, 1.807) is 13.0 Å². The van der Waals surface area contributed by atoms with E-state index in [0.29, 0.717) is 5.69 Å². The van der Waals surface area contributed by atoms with E-state index in [2.05, 4.69) is 0 Å². The Morgan fingerprint density at radius 2 is 2.19 bits per heavy atom. The highest BCUT2D eigenvalue weighted by molar-refractivity contribution is 7.92. The Bertz CT molecular complexity index is 534. The molecule has 4 nitrogen and oxygen atoms in total. The predicted octanol–water partition coefficient (Wildman–Crippen LogP) is 2.00. The van der Waals surface area contributed by atoms with Crippen LogP contribution in [0.15, 0.2) is 23.1 Å². The first kappa shape index (κ1) is 12.8. The molecule has 0 aliphatic rings. The van der Waals surface area contributed by atoms with Crippen LogP contribution in [-0.4, -0.2) is 13.7 Å². The van der Waals surface area contributed by atoms with Gasteiger partial charge in [-0.2, -0.15) is 5.26 Å². The second kappa shape index (κ2) is 4.73. The molecule has 0 spiro atoms. The van der Waals surface area contributed by atoms with Gasteiger partial charge >= 0.3 is 0 Å². The molecular formula is C10H11ClN2O2S. The van der Waals surface area contributed by atoms with Gasteiger partial charge < -0.3 is 5.73 Å². The summed E-state index contributed by atoms with van der Waals surface area (Å²) in [6, 6.07) is 5.81. The van der Waals surface area contributed by atoms with Gasteiger partial charge in [-0.3, -0.25) is 0 Å². The van der Waals surface area contributed by atoms with Crippen LogP contribution in [-0.2, 0) is 9.84 Å². The molecule has 16 heavy (non-hydrogen) atoms. The zero-order chi connectivity index (χ0) is 12.3. The number of sulfone groups is 1.